The van der Waals surface area contributed by atoms with E-state index in [1.807, 2.05) is 4.68 Å². The van der Waals surface area contributed by atoms with Crippen LogP contribution in [0, 0.1) is 19.3 Å². The molecule has 1 aliphatic heterocycles. The molecule has 1 saturated carbocycles. The second kappa shape index (κ2) is 8.59. The van der Waals surface area contributed by atoms with E-state index in [1.54, 1.807) is 0 Å². The van der Waals surface area contributed by atoms with Crippen molar-refractivity contribution in [1.82, 2.24) is 30.1 Å². The first-order valence-corrected chi connectivity index (χ1v) is 12.8. The highest BCUT2D eigenvalue weighted by Gasteiger charge is 2.41. The second-order valence-electron chi connectivity index (χ2n) is 11.8. The molecule has 3 heterocycles. The fraction of sp³-hybridized carbons (Fsp3) is 0.630. The van der Waals surface area contributed by atoms with Gasteiger partial charge in [0.25, 0.3) is 5.56 Å². The van der Waals surface area contributed by atoms with E-state index in [-0.39, 0.29) is 17.1 Å². The Bertz CT molecular complexity index is 1240. The zero-order valence-corrected chi connectivity index (χ0v) is 21.3. The van der Waals surface area contributed by atoms with Crippen LogP contribution >= 0.6 is 0 Å². The Morgan fingerprint density at radius 1 is 1.03 bits per heavy atom. The molecule has 1 aromatic carbocycles. The van der Waals surface area contributed by atoms with Gasteiger partial charge in [0.15, 0.2) is 5.82 Å². The molecular weight excluding hydrogens is 424 g/mol. The summed E-state index contributed by atoms with van der Waals surface area (Å²) in [7, 11) is 0. The molecule has 1 spiro atoms. The maximum atomic E-state index is 13.6. The van der Waals surface area contributed by atoms with Crippen LogP contribution in [0.4, 0.5) is 0 Å². The number of aryl methyl sites for hydroxylation is 2. The van der Waals surface area contributed by atoms with Crippen LogP contribution in [0.2, 0.25) is 0 Å². The Balaban J connectivity index is 1.67. The largest absolute Gasteiger partial charge is 0.321 e. The third-order valence-electron chi connectivity index (χ3n) is 7.96. The number of benzene rings is 1. The Morgan fingerprint density at radius 3 is 2.50 bits per heavy atom. The number of fused-ring (bicyclic) bond motifs is 1. The minimum Gasteiger partial charge on any atom is -0.321 e. The number of H-pyrrole nitrogens is 1. The quantitative estimate of drug-likeness (QED) is 0.591. The molecule has 7 nitrogen and oxygen atoms in total. The lowest BCUT2D eigenvalue weighted by atomic mass is 9.69. The molecule has 1 aliphatic carbocycles. The van der Waals surface area contributed by atoms with Crippen LogP contribution in [0.1, 0.15) is 94.3 Å². The molecule has 2 aliphatic rings. The molecule has 182 valence electrons. The van der Waals surface area contributed by atoms with Crippen LogP contribution < -0.4 is 5.56 Å². The third kappa shape index (κ3) is 4.19. The number of nitrogens with zero attached hydrogens (tertiary/aromatic N) is 5. The summed E-state index contributed by atoms with van der Waals surface area (Å²) < 4.78 is 1.91. The summed E-state index contributed by atoms with van der Waals surface area (Å²) in [5.41, 5.74) is 3.96. The van der Waals surface area contributed by atoms with Gasteiger partial charge in [-0.05, 0) is 106 Å². The van der Waals surface area contributed by atoms with Crippen molar-refractivity contribution in [3.05, 3.63) is 51.1 Å². The molecule has 0 bridgehead atoms. The minimum atomic E-state index is -0.286. The molecule has 1 N–H and O–H groups in total. The topological polar surface area (TPSA) is 79.7 Å². The van der Waals surface area contributed by atoms with Crippen LogP contribution in [-0.4, -0.2) is 43.2 Å². The number of likely N-dealkylation sites (tertiary alicyclic amines) is 1. The molecule has 0 unspecified atom stereocenters. The van der Waals surface area contributed by atoms with E-state index in [0.717, 1.165) is 47.4 Å². The van der Waals surface area contributed by atoms with Gasteiger partial charge in [0.2, 0.25) is 0 Å². The molecule has 0 amide bonds. The van der Waals surface area contributed by atoms with E-state index < -0.39 is 0 Å². The zero-order chi connectivity index (χ0) is 24.1. The van der Waals surface area contributed by atoms with E-state index in [9.17, 15) is 4.79 Å². The van der Waals surface area contributed by atoms with Gasteiger partial charge in [-0.15, -0.1) is 5.10 Å². The van der Waals surface area contributed by atoms with Crippen LogP contribution in [0.3, 0.4) is 0 Å². The molecule has 1 atom stereocenters. The molecular formula is C27H38N6O. The maximum Gasteiger partial charge on any atom is 0.253 e. The van der Waals surface area contributed by atoms with Gasteiger partial charge in [0, 0.05) is 12.1 Å². The summed E-state index contributed by atoms with van der Waals surface area (Å²) in [5.74, 6) is 0.759. The summed E-state index contributed by atoms with van der Waals surface area (Å²) in [4.78, 5) is 19.3. The number of nitrogens with one attached hydrogen (secondary N) is 1. The first kappa shape index (κ1) is 23.2. The number of pyridine rings is 1. The number of piperidine rings is 1. The smallest absolute Gasteiger partial charge is 0.253 e. The maximum absolute atomic E-state index is 13.6. The Labute approximate surface area is 201 Å². The van der Waals surface area contributed by atoms with E-state index >= 15 is 0 Å². The van der Waals surface area contributed by atoms with E-state index in [2.05, 4.69) is 78.2 Å². The Kier molecular flexibility index (Phi) is 5.87. The first-order valence-electron chi connectivity index (χ1n) is 12.8. The van der Waals surface area contributed by atoms with Crippen LogP contribution in [0.15, 0.2) is 23.0 Å². The number of rotatable bonds is 3. The number of hydrogen-bond acceptors (Lipinski definition) is 5. The lowest BCUT2D eigenvalue weighted by Gasteiger charge is -2.47. The van der Waals surface area contributed by atoms with Crippen molar-refractivity contribution in [2.24, 2.45) is 5.41 Å². The van der Waals surface area contributed by atoms with Gasteiger partial charge in [0.05, 0.1) is 11.1 Å². The van der Waals surface area contributed by atoms with E-state index in [0.29, 0.717) is 5.41 Å². The molecule has 0 radical (unpaired) electrons. The van der Waals surface area contributed by atoms with E-state index in [1.165, 1.54) is 44.1 Å². The lowest BCUT2D eigenvalue weighted by molar-refractivity contribution is 0.0329. The van der Waals surface area contributed by atoms with Crippen molar-refractivity contribution >= 4 is 10.9 Å². The first-order chi connectivity index (χ1) is 16.2. The van der Waals surface area contributed by atoms with Crippen molar-refractivity contribution in [3.8, 4) is 0 Å². The highest BCUT2D eigenvalue weighted by molar-refractivity contribution is 5.83. The van der Waals surface area contributed by atoms with Crippen molar-refractivity contribution in [2.75, 3.05) is 13.1 Å². The second-order valence-corrected chi connectivity index (χ2v) is 11.8. The molecule has 34 heavy (non-hydrogen) atoms. The number of tetrazole rings is 1. The Hall–Kier alpha value is -2.54. The summed E-state index contributed by atoms with van der Waals surface area (Å²) in [5, 5.41) is 14.0. The van der Waals surface area contributed by atoms with Gasteiger partial charge in [-0.25, -0.2) is 4.68 Å². The van der Waals surface area contributed by atoms with Crippen molar-refractivity contribution in [3.63, 3.8) is 0 Å². The summed E-state index contributed by atoms with van der Waals surface area (Å²) in [6, 6.07) is 6.09. The summed E-state index contributed by atoms with van der Waals surface area (Å²) in [6.07, 6.45) is 8.97. The predicted molar refractivity (Wildman–Crippen MR) is 135 cm³/mol. The standard InChI is InChI=1S/C27H38N6O/c1-18-14-19(2)22-20(15-18)16-21(25(34)28-22)23(24-29-30-31-33(24)26(3,4)5)32-13-9-12-27(17-32)10-7-6-8-11-27/h14-16,23H,6-13,17H2,1-5H3,(H,28,34)/t23-/m0/s1. The van der Waals surface area contributed by atoms with Crippen molar-refractivity contribution < 1.29 is 0 Å². The molecule has 2 aromatic heterocycles. The summed E-state index contributed by atoms with van der Waals surface area (Å²) in [6.45, 7) is 12.4. The molecule has 2 fully saturated rings. The SMILES string of the molecule is Cc1cc(C)c2[nH]c(=O)c([C@@H](c3nnnn3C(C)(C)C)N3CCCC4(CCCCC4)C3)cc2c1. The molecule has 7 heteroatoms. The monoisotopic (exact) mass is 462 g/mol. The van der Waals surface area contributed by atoms with Gasteiger partial charge in [-0.2, -0.15) is 0 Å². The van der Waals surface area contributed by atoms with Gasteiger partial charge < -0.3 is 4.98 Å². The fourth-order valence-electron chi connectivity index (χ4n) is 6.42. The lowest BCUT2D eigenvalue weighted by Crippen LogP contribution is -2.48. The van der Waals surface area contributed by atoms with Crippen molar-refractivity contribution in [2.45, 2.75) is 91.1 Å². The highest BCUT2D eigenvalue weighted by atomic mass is 16.1. The normalized spacial score (nSPS) is 20.1. The number of aromatic amines is 1. The van der Waals surface area contributed by atoms with E-state index in [4.69, 9.17) is 0 Å². The van der Waals surface area contributed by atoms with Gasteiger partial charge in [-0.3, -0.25) is 9.69 Å². The zero-order valence-electron chi connectivity index (χ0n) is 21.3. The molecule has 5 rings (SSSR count). The summed E-state index contributed by atoms with van der Waals surface area (Å²) >= 11 is 0. The van der Waals surface area contributed by atoms with Crippen LogP contribution in [0.25, 0.3) is 10.9 Å². The number of aromatic nitrogens is 5. The van der Waals surface area contributed by atoms with Crippen LogP contribution in [0.5, 0.6) is 0 Å². The van der Waals surface area contributed by atoms with Gasteiger partial charge in [-0.1, -0.05) is 30.9 Å². The fourth-order valence-corrected chi connectivity index (χ4v) is 6.42. The Morgan fingerprint density at radius 2 is 1.76 bits per heavy atom. The minimum absolute atomic E-state index is 0.0452. The highest BCUT2D eigenvalue weighted by Crippen LogP contribution is 2.45. The molecule has 3 aromatic rings. The van der Waals surface area contributed by atoms with Crippen LogP contribution in [-0.2, 0) is 5.54 Å². The molecule has 1 saturated heterocycles. The average Bonchev–Trinajstić information content (AvgIpc) is 3.26. The van der Waals surface area contributed by atoms with Crippen molar-refractivity contribution in [1.29, 1.82) is 0 Å². The third-order valence-corrected chi connectivity index (χ3v) is 7.96. The van der Waals surface area contributed by atoms with Gasteiger partial charge >= 0.3 is 0 Å². The average molecular weight is 463 g/mol. The number of hydrogen-bond donors (Lipinski definition) is 1. The predicted octanol–water partition coefficient (Wildman–Crippen LogP) is 5.02. The van der Waals surface area contributed by atoms with Gasteiger partial charge in [0.1, 0.15) is 6.04 Å².